The molecule has 0 aromatic heterocycles. The summed E-state index contributed by atoms with van der Waals surface area (Å²) in [5.74, 6) is -2.99. The molecule has 0 bridgehead atoms. The van der Waals surface area contributed by atoms with Gasteiger partial charge >= 0.3 is 11.9 Å². The Morgan fingerprint density at radius 1 is 1.00 bits per heavy atom. The minimum Gasteiger partial charge on any atom is -0.480 e. The quantitative estimate of drug-likeness (QED) is 0.264. The van der Waals surface area contributed by atoms with Crippen LogP contribution in [0, 0.1) is 6.42 Å². The van der Waals surface area contributed by atoms with E-state index in [2.05, 4.69) is 10.0 Å². The number of hydrogen-bond donors (Lipinski definition) is 5. The summed E-state index contributed by atoms with van der Waals surface area (Å²) in [6, 6.07) is 12.3. The molecule has 37 heavy (non-hydrogen) atoms. The smallest absolute Gasteiger partial charge is 0.333 e. The number of fused-ring (bicyclic) bond motifs is 1. The second-order valence-electron chi connectivity index (χ2n) is 8.84. The number of hydrogen-bond acceptors (Lipinski definition) is 6. The van der Waals surface area contributed by atoms with Gasteiger partial charge in [-0.05, 0) is 53.6 Å². The summed E-state index contributed by atoms with van der Waals surface area (Å²) in [6.07, 6.45) is 9.89. The molecular weight excluding hydrogens is 518 g/mol. The Morgan fingerprint density at radius 3 is 2.19 bits per heavy atom. The fourth-order valence-corrected chi connectivity index (χ4v) is 5.77. The predicted molar refractivity (Wildman–Crippen MR) is 138 cm³/mol. The van der Waals surface area contributed by atoms with Crippen LogP contribution in [-0.2, 0) is 19.6 Å². The summed E-state index contributed by atoms with van der Waals surface area (Å²) < 4.78 is 29.0. The number of nitrogens with two attached hydrogens (primary N) is 1. The van der Waals surface area contributed by atoms with Crippen LogP contribution < -0.4 is 15.8 Å². The third-order valence-corrected chi connectivity index (χ3v) is 8.20. The highest BCUT2D eigenvalue weighted by Crippen LogP contribution is 2.51. The second kappa shape index (κ2) is 8.63. The molecule has 0 spiro atoms. The molecule has 0 radical (unpaired) electrons. The highest BCUT2D eigenvalue weighted by atomic mass is 35.5. The number of halogens is 1. The number of sulfonamides is 1. The first-order valence-electron chi connectivity index (χ1n) is 11.1. The summed E-state index contributed by atoms with van der Waals surface area (Å²) in [5.41, 5.74) is 3.72. The highest BCUT2D eigenvalue weighted by Gasteiger charge is 2.79. The van der Waals surface area contributed by atoms with Crippen molar-refractivity contribution in [3.63, 3.8) is 0 Å². The van der Waals surface area contributed by atoms with E-state index in [0.717, 1.165) is 11.1 Å². The molecule has 1 aliphatic heterocycles. The van der Waals surface area contributed by atoms with Crippen molar-refractivity contribution in [2.24, 2.45) is 5.73 Å². The fraction of sp³-hybridized carbons (Fsp3) is 0.115. The highest BCUT2D eigenvalue weighted by molar-refractivity contribution is 7.89. The van der Waals surface area contributed by atoms with Crippen LogP contribution in [0.2, 0.25) is 5.02 Å². The SMILES string of the molecule is N[C@H]1C=CC(c2ccc(S(=O)(=O)NC3=CC(c4ccc(Cl)cc4)=C[C@]4(C(=O)O)N[C@]34C(=O)O)cc2)=C[CH-]1. The molecule has 2 aromatic carbocycles. The lowest BCUT2D eigenvalue weighted by atomic mass is 9.81. The van der Waals surface area contributed by atoms with E-state index in [-0.39, 0.29) is 16.6 Å². The molecule has 0 amide bonds. The first kappa shape index (κ1) is 24.8. The number of carboxylic acid groups (broad SMARTS) is 2. The van der Waals surface area contributed by atoms with Gasteiger partial charge in [-0.25, -0.2) is 30.5 Å². The number of carbonyl (C=O) groups is 2. The van der Waals surface area contributed by atoms with Crippen LogP contribution in [-0.4, -0.2) is 47.7 Å². The van der Waals surface area contributed by atoms with Crippen molar-refractivity contribution in [2.45, 2.75) is 22.0 Å². The summed E-state index contributed by atoms with van der Waals surface area (Å²) in [6.45, 7) is 0. The Labute approximate surface area is 217 Å². The Morgan fingerprint density at radius 2 is 1.62 bits per heavy atom. The molecule has 3 atom stereocenters. The van der Waals surface area contributed by atoms with Crippen LogP contribution >= 0.6 is 11.6 Å². The van der Waals surface area contributed by atoms with E-state index in [4.69, 9.17) is 17.3 Å². The molecule has 5 rings (SSSR count). The molecule has 3 aliphatic rings. The first-order valence-corrected chi connectivity index (χ1v) is 12.9. The van der Waals surface area contributed by atoms with E-state index >= 15 is 0 Å². The van der Waals surface area contributed by atoms with Crippen LogP contribution in [0.1, 0.15) is 11.1 Å². The molecule has 190 valence electrons. The topological polar surface area (TPSA) is 169 Å². The van der Waals surface area contributed by atoms with Gasteiger partial charge in [0, 0.05) is 5.02 Å². The number of nitrogens with one attached hydrogen (secondary N) is 2. The summed E-state index contributed by atoms with van der Waals surface area (Å²) >= 11 is 5.95. The van der Waals surface area contributed by atoms with E-state index < -0.39 is 33.0 Å². The Balaban J connectivity index is 1.51. The van der Waals surface area contributed by atoms with Crippen molar-refractivity contribution < 1.29 is 28.2 Å². The molecule has 11 heteroatoms. The average Bonchev–Trinajstić information content (AvgIpc) is 3.58. The maximum atomic E-state index is 13.3. The van der Waals surface area contributed by atoms with Gasteiger partial charge in [-0.2, -0.15) is 5.57 Å². The largest absolute Gasteiger partial charge is 0.480 e. The van der Waals surface area contributed by atoms with Crippen LogP contribution in [0.25, 0.3) is 11.1 Å². The third kappa shape index (κ3) is 4.04. The minimum absolute atomic E-state index is 0.122. The molecule has 1 saturated heterocycles. The number of carboxylic acids is 2. The number of rotatable bonds is 7. The lowest BCUT2D eigenvalue weighted by Gasteiger charge is -2.24. The van der Waals surface area contributed by atoms with Gasteiger partial charge in [-0.3, -0.25) is 10.0 Å². The van der Waals surface area contributed by atoms with Crippen molar-refractivity contribution >= 4 is 44.7 Å². The molecule has 1 fully saturated rings. The monoisotopic (exact) mass is 538 g/mol. The standard InChI is InChI=1S/C26H21ClN3O6S/c27-19-7-1-17(2-8-19)18-13-22(26(24(33)34)25(14-18,30-26)23(31)32)29-37(35,36)21-11-5-16(6-12-21)15-3-9-20(28)10-4-15/h1-14,20,29-30H,28H2,(H,31,32)(H,33,34)/q-1/t25-,26+/m1/s1. The first-order chi connectivity index (χ1) is 17.5. The molecule has 1 heterocycles. The predicted octanol–water partition coefficient (Wildman–Crippen LogP) is 2.33. The van der Waals surface area contributed by atoms with Crippen molar-refractivity contribution in [1.82, 2.24) is 10.0 Å². The molecule has 2 aliphatic carbocycles. The van der Waals surface area contributed by atoms with E-state index in [1.165, 1.54) is 24.3 Å². The fourth-order valence-electron chi connectivity index (χ4n) is 4.53. The van der Waals surface area contributed by atoms with E-state index in [9.17, 15) is 28.2 Å². The van der Waals surface area contributed by atoms with Gasteiger partial charge in [0.25, 0.3) is 10.0 Å². The van der Waals surface area contributed by atoms with E-state index in [0.29, 0.717) is 16.2 Å². The van der Waals surface area contributed by atoms with Crippen molar-refractivity contribution in [2.75, 3.05) is 0 Å². The Bertz CT molecular complexity index is 1540. The van der Waals surface area contributed by atoms with Gasteiger partial charge in [0.2, 0.25) is 0 Å². The molecule has 0 unspecified atom stereocenters. The van der Waals surface area contributed by atoms with Crippen LogP contribution in [0.3, 0.4) is 0 Å². The van der Waals surface area contributed by atoms with E-state index in [1.807, 2.05) is 24.6 Å². The van der Waals surface area contributed by atoms with Gasteiger partial charge in [-0.1, -0.05) is 41.9 Å². The van der Waals surface area contributed by atoms with Crippen molar-refractivity contribution in [1.29, 1.82) is 0 Å². The normalized spacial score (nSPS) is 26.1. The van der Waals surface area contributed by atoms with Crippen LogP contribution in [0.4, 0.5) is 0 Å². The van der Waals surface area contributed by atoms with Gasteiger partial charge in [0.1, 0.15) is 0 Å². The molecular formula is C26H21ClN3O6S-. The zero-order valence-corrected chi connectivity index (χ0v) is 20.6. The van der Waals surface area contributed by atoms with Gasteiger partial charge < -0.3 is 15.9 Å². The minimum atomic E-state index is -4.29. The van der Waals surface area contributed by atoms with Crippen LogP contribution in [0.15, 0.2) is 89.5 Å². The maximum Gasteiger partial charge on any atom is 0.333 e. The van der Waals surface area contributed by atoms with Gasteiger partial charge in [0.05, 0.1) is 10.6 Å². The van der Waals surface area contributed by atoms with E-state index in [1.54, 1.807) is 36.4 Å². The lowest BCUT2D eigenvalue weighted by molar-refractivity contribution is -0.144. The zero-order chi connectivity index (χ0) is 26.6. The van der Waals surface area contributed by atoms with Crippen LogP contribution in [0.5, 0.6) is 0 Å². The molecule has 0 saturated carbocycles. The van der Waals surface area contributed by atoms with Gasteiger partial charge in [-0.15, -0.1) is 11.6 Å². The van der Waals surface area contributed by atoms with Crippen molar-refractivity contribution in [3.8, 4) is 0 Å². The van der Waals surface area contributed by atoms with Gasteiger partial charge in [0.15, 0.2) is 11.1 Å². The second-order valence-corrected chi connectivity index (χ2v) is 11.0. The Kier molecular flexibility index (Phi) is 5.80. The molecule has 6 N–H and O–H groups in total. The summed E-state index contributed by atoms with van der Waals surface area (Å²) in [5, 5.41) is 22.9. The summed E-state index contributed by atoms with van der Waals surface area (Å²) in [7, 11) is -4.29. The number of benzene rings is 2. The third-order valence-electron chi connectivity index (χ3n) is 6.56. The number of allylic oxidation sites excluding steroid dienone is 4. The lowest BCUT2D eigenvalue weighted by Crippen LogP contribution is -2.46. The number of aliphatic carboxylic acids is 2. The molecule has 9 nitrogen and oxygen atoms in total. The Hall–Kier alpha value is -3.83. The summed E-state index contributed by atoms with van der Waals surface area (Å²) in [4.78, 5) is 24.4. The maximum absolute atomic E-state index is 13.3. The average molecular weight is 539 g/mol. The zero-order valence-electron chi connectivity index (χ0n) is 19.1. The molecule has 2 aromatic rings. The van der Waals surface area contributed by atoms with Crippen molar-refractivity contribution in [3.05, 3.63) is 107 Å².